The van der Waals surface area contributed by atoms with Crippen LogP contribution in [0.25, 0.3) is 0 Å². The van der Waals surface area contributed by atoms with Gasteiger partial charge in [-0.2, -0.15) is 0 Å². The molecule has 5 heteroatoms. The molecule has 1 rings (SSSR count). The SMILES string of the molecule is CC(CN(C)CC1CCOCC1)C(N)=NO. The maximum absolute atomic E-state index is 8.57. The Bertz CT molecular complexity index is 227. The Morgan fingerprint density at radius 1 is 1.56 bits per heavy atom. The maximum atomic E-state index is 8.57. The van der Waals surface area contributed by atoms with Crippen LogP contribution in [-0.2, 0) is 4.74 Å². The van der Waals surface area contributed by atoms with Gasteiger partial charge < -0.3 is 20.6 Å². The van der Waals surface area contributed by atoms with Crippen LogP contribution in [0.4, 0.5) is 0 Å². The lowest BCUT2D eigenvalue weighted by molar-refractivity contribution is 0.0551. The molecular formula is C11H23N3O2. The van der Waals surface area contributed by atoms with Gasteiger partial charge in [0.1, 0.15) is 5.84 Å². The van der Waals surface area contributed by atoms with Gasteiger partial charge in [-0.3, -0.25) is 0 Å². The zero-order valence-corrected chi connectivity index (χ0v) is 10.2. The van der Waals surface area contributed by atoms with E-state index in [0.29, 0.717) is 5.84 Å². The number of rotatable bonds is 5. The topological polar surface area (TPSA) is 71.1 Å². The highest BCUT2D eigenvalue weighted by Crippen LogP contribution is 2.15. The molecule has 1 unspecified atom stereocenters. The van der Waals surface area contributed by atoms with Crippen LogP contribution in [0.1, 0.15) is 19.8 Å². The molecule has 16 heavy (non-hydrogen) atoms. The minimum absolute atomic E-state index is 0.0924. The minimum Gasteiger partial charge on any atom is -0.409 e. The van der Waals surface area contributed by atoms with Crippen molar-refractivity contribution in [1.29, 1.82) is 0 Å². The molecule has 1 aliphatic heterocycles. The summed E-state index contributed by atoms with van der Waals surface area (Å²) in [5.74, 6) is 1.12. The van der Waals surface area contributed by atoms with Crippen LogP contribution in [0.3, 0.4) is 0 Å². The van der Waals surface area contributed by atoms with Gasteiger partial charge in [0.15, 0.2) is 0 Å². The Labute approximate surface area is 97.2 Å². The predicted octanol–water partition coefficient (Wildman–Crippen LogP) is 0.727. The molecule has 0 spiro atoms. The van der Waals surface area contributed by atoms with Crippen LogP contribution in [0, 0.1) is 11.8 Å². The summed E-state index contributed by atoms with van der Waals surface area (Å²) in [7, 11) is 2.08. The van der Waals surface area contributed by atoms with Gasteiger partial charge in [0.05, 0.1) is 0 Å². The quantitative estimate of drug-likeness (QED) is 0.315. The lowest BCUT2D eigenvalue weighted by atomic mass is 9.99. The Kier molecular flexibility index (Phi) is 5.55. The number of oxime groups is 1. The number of hydrogen-bond acceptors (Lipinski definition) is 4. The second-order valence-electron chi connectivity index (χ2n) is 4.70. The smallest absolute Gasteiger partial charge is 0.143 e. The minimum atomic E-state index is 0.0924. The van der Waals surface area contributed by atoms with Crippen molar-refractivity contribution in [2.24, 2.45) is 22.7 Å². The predicted molar refractivity (Wildman–Crippen MR) is 63.6 cm³/mol. The Morgan fingerprint density at radius 3 is 2.75 bits per heavy atom. The first-order valence-electron chi connectivity index (χ1n) is 5.87. The molecule has 3 N–H and O–H groups in total. The van der Waals surface area contributed by atoms with E-state index in [4.69, 9.17) is 15.7 Å². The van der Waals surface area contributed by atoms with Crippen molar-refractivity contribution in [3.63, 3.8) is 0 Å². The van der Waals surface area contributed by atoms with E-state index >= 15 is 0 Å². The first kappa shape index (κ1) is 13.3. The number of amidine groups is 1. The third-order valence-corrected chi connectivity index (χ3v) is 3.12. The highest BCUT2D eigenvalue weighted by atomic mass is 16.5. The number of nitrogens with zero attached hydrogens (tertiary/aromatic N) is 2. The second-order valence-corrected chi connectivity index (χ2v) is 4.70. The summed E-state index contributed by atoms with van der Waals surface area (Å²) < 4.78 is 5.33. The first-order chi connectivity index (χ1) is 7.63. The van der Waals surface area contributed by atoms with Crippen molar-refractivity contribution < 1.29 is 9.94 Å². The van der Waals surface area contributed by atoms with Crippen molar-refractivity contribution in [1.82, 2.24) is 4.90 Å². The van der Waals surface area contributed by atoms with E-state index < -0.39 is 0 Å². The number of ether oxygens (including phenoxy) is 1. The average Bonchev–Trinajstić information content (AvgIpc) is 2.29. The zero-order chi connectivity index (χ0) is 12.0. The van der Waals surface area contributed by atoms with E-state index in [-0.39, 0.29) is 5.92 Å². The highest BCUT2D eigenvalue weighted by molar-refractivity contribution is 5.82. The highest BCUT2D eigenvalue weighted by Gasteiger charge is 2.17. The summed E-state index contributed by atoms with van der Waals surface area (Å²) in [6, 6.07) is 0. The van der Waals surface area contributed by atoms with Crippen molar-refractivity contribution in [2.45, 2.75) is 19.8 Å². The Hall–Kier alpha value is -0.810. The fourth-order valence-corrected chi connectivity index (χ4v) is 2.10. The molecule has 0 aromatic carbocycles. The van der Waals surface area contributed by atoms with Crippen molar-refractivity contribution in [3.8, 4) is 0 Å². The van der Waals surface area contributed by atoms with E-state index in [1.54, 1.807) is 0 Å². The molecule has 5 nitrogen and oxygen atoms in total. The van der Waals surface area contributed by atoms with Crippen LogP contribution in [0.5, 0.6) is 0 Å². The van der Waals surface area contributed by atoms with Gasteiger partial charge in [-0.25, -0.2) is 0 Å². The average molecular weight is 229 g/mol. The first-order valence-corrected chi connectivity index (χ1v) is 5.87. The third kappa shape index (κ3) is 4.37. The molecule has 0 aliphatic carbocycles. The molecule has 94 valence electrons. The van der Waals surface area contributed by atoms with Gasteiger partial charge in [0, 0.05) is 32.2 Å². The molecule has 0 amide bonds. The molecule has 0 bridgehead atoms. The van der Waals surface area contributed by atoms with E-state index in [9.17, 15) is 0 Å². The Morgan fingerprint density at radius 2 is 2.19 bits per heavy atom. The molecular weight excluding hydrogens is 206 g/mol. The van der Waals surface area contributed by atoms with Crippen molar-refractivity contribution in [3.05, 3.63) is 0 Å². The van der Waals surface area contributed by atoms with Gasteiger partial charge >= 0.3 is 0 Å². The van der Waals surface area contributed by atoms with Gasteiger partial charge in [0.25, 0.3) is 0 Å². The molecule has 1 aliphatic rings. The van der Waals surface area contributed by atoms with Gasteiger partial charge in [0.2, 0.25) is 0 Å². The summed E-state index contributed by atoms with van der Waals surface area (Å²) in [6.45, 7) is 5.62. The van der Waals surface area contributed by atoms with E-state index in [2.05, 4.69) is 17.1 Å². The van der Waals surface area contributed by atoms with E-state index in [0.717, 1.165) is 45.1 Å². The van der Waals surface area contributed by atoms with Crippen LogP contribution in [0.2, 0.25) is 0 Å². The molecule has 0 aromatic heterocycles. The zero-order valence-electron chi connectivity index (χ0n) is 10.2. The van der Waals surface area contributed by atoms with E-state index in [1.165, 1.54) is 0 Å². The fraction of sp³-hybridized carbons (Fsp3) is 0.909. The maximum Gasteiger partial charge on any atom is 0.143 e. The largest absolute Gasteiger partial charge is 0.409 e. The van der Waals surface area contributed by atoms with Gasteiger partial charge in [-0.05, 0) is 25.8 Å². The fourth-order valence-electron chi connectivity index (χ4n) is 2.10. The standard InChI is InChI=1S/C11H23N3O2/c1-9(11(12)13-15)7-14(2)8-10-3-5-16-6-4-10/h9-10,15H,3-8H2,1-2H3,(H2,12,13). The number of hydrogen-bond donors (Lipinski definition) is 2. The van der Waals surface area contributed by atoms with Gasteiger partial charge in [-0.1, -0.05) is 12.1 Å². The van der Waals surface area contributed by atoms with Crippen LogP contribution >= 0.6 is 0 Å². The Balaban J connectivity index is 2.26. The normalized spacial score (nSPS) is 21.3. The summed E-state index contributed by atoms with van der Waals surface area (Å²) in [4.78, 5) is 2.25. The summed E-state index contributed by atoms with van der Waals surface area (Å²) in [5.41, 5.74) is 5.55. The lowest BCUT2D eigenvalue weighted by Gasteiger charge is -2.28. The molecule has 0 radical (unpaired) electrons. The van der Waals surface area contributed by atoms with Crippen LogP contribution in [0.15, 0.2) is 5.16 Å². The van der Waals surface area contributed by atoms with Crippen LogP contribution < -0.4 is 5.73 Å². The van der Waals surface area contributed by atoms with Crippen molar-refractivity contribution >= 4 is 5.84 Å². The summed E-state index contributed by atoms with van der Waals surface area (Å²) in [5, 5.41) is 11.6. The number of nitrogens with two attached hydrogens (primary N) is 1. The molecule has 1 saturated heterocycles. The molecule has 0 aromatic rings. The van der Waals surface area contributed by atoms with E-state index in [1.807, 2.05) is 6.92 Å². The third-order valence-electron chi connectivity index (χ3n) is 3.12. The molecule has 1 atom stereocenters. The summed E-state index contributed by atoms with van der Waals surface area (Å²) >= 11 is 0. The van der Waals surface area contributed by atoms with Gasteiger partial charge in [-0.15, -0.1) is 0 Å². The van der Waals surface area contributed by atoms with Crippen molar-refractivity contribution in [2.75, 3.05) is 33.4 Å². The molecule has 1 heterocycles. The summed E-state index contributed by atoms with van der Waals surface area (Å²) in [6.07, 6.45) is 2.28. The molecule has 1 fully saturated rings. The second kappa shape index (κ2) is 6.70. The monoisotopic (exact) mass is 229 g/mol. The molecule has 0 saturated carbocycles. The lowest BCUT2D eigenvalue weighted by Crippen LogP contribution is -2.36. The van der Waals surface area contributed by atoms with Crippen LogP contribution in [-0.4, -0.2) is 49.3 Å².